The lowest BCUT2D eigenvalue weighted by Gasteiger charge is -2.27. The summed E-state index contributed by atoms with van der Waals surface area (Å²) in [5.41, 5.74) is 0.837. The van der Waals surface area contributed by atoms with E-state index in [1.165, 1.54) is 0 Å². The van der Waals surface area contributed by atoms with Gasteiger partial charge in [0.1, 0.15) is 11.5 Å². The van der Waals surface area contributed by atoms with Crippen LogP contribution < -0.4 is 10.6 Å². The van der Waals surface area contributed by atoms with E-state index in [9.17, 15) is 4.79 Å². The molecule has 0 saturated carbocycles. The Morgan fingerprint density at radius 2 is 2.32 bits per heavy atom. The summed E-state index contributed by atoms with van der Waals surface area (Å²) in [7, 11) is 0. The Labute approximate surface area is 114 Å². The molecular formula is C15H24N2O2. The average Bonchev–Trinajstić information content (AvgIpc) is 2.96. The van der Waals surface area contributed by atoms with Crippen molar-refractivity contribution in [3.05, 3.63) is 23.2 Å². The second-order valence-electron chi connectivity index (χ2n) is 5.62. The van der Waals surface area contributed by atoms with E-state index in [1.54, 1.807) is 0 Å². The van der Waals surface area contributed by atoms with E-state index in [0.717, 1.165) is 43.0 Å². The number of carbonyl (C=O) groups is 1. The Morgan fingerprint density at radius 3 is 2.79 bits per heavy atom. The van der Waals surface area contributed by atoms with Gasteiger partial charge in [0.2, 0.25) is 5.91 Å². The number of nitrogens with one attached hydrogen (secondary N) is 2. The topological polar surface area (TPSA) is 54.3 Å². The van der Waals surface area contributed by atoms with Gasteiger partial charge in [-0.3, -0.25) is 4.79 Å². The third-order valence-corrected chi connectivity index (χ3v) is 4.30. The van der Waals surface area contributed by atoms with Crippen molar-refractivity contribution in [1.82, 2.24) is 10.6 Å². The molecule has 2 N–H and O–H groups in total. The van der Waals surface area contributed by atoms with Crippen molar-refractivity contribution >= 4 is 5.91 Å². The molecule has 2 heterocycles. The van der Waals surface area contributed by atoms with E-state index < -0.39 is 0 Å². The standard InChI is InChI=1S/C15H24N2O2/c1-5-15(6-7-16-9-15)14(18)17-11(3)13-8-10(2)19-12(13)4/h8,11,16H,5-7,9H2,1-4H3,(H,17,18). The summed E-state index contributed by atoms with van der Waals surface area (Å²) in [5, 5.41) is 6.44. The van der Waals surface area contributed by atoms with Crippen molar-refractivity contribution < 1.29 is 9.21 Å². The van der Waals surface area contributed by atoms with Gasteiger partial charge >= 0.3 is 0 Å². The summed E-state index contributed by atoms with van der Waals surface area (Å²) < 4.78 is 5.53. The Morgan fingerprint density at radius 1 is 1.58 bits per heavy atom. The third-order valence-electron chi connectivity index (χ3n) is 4.30. The van der Waals surface area contributed by atoms with E-state index in [1.807, 2.05) is 26.8 Å². The van der Waals surface area contributed by atoms with Crippen LogP contribution in [0.1, 0.15) is 49.8 Å². The van der Waals surface area contributed by atoms with Crippen molar-refractivity contribution in [3.8, 4) is 0 Å². The molecule has 0 spiro atoms. The quantitative estimate of drug-likeness (QED) is 0.878. The predicted molar refractivity (Wildman–Crippen MR) is 75.0 cm³/mol. The highest BCUT2D eigenvalue weighted by Crippen LogP contribution is 2.31. The number of carbonyl (C=O) groups excluding carboxylic acids is 1. The van der Waals surface area contributed by atoms with Crippen LogP contribution in [-0.2, 0) is 4.79 Å². The van der Waals surface area contributed by atoms with E-state index in [2.05, 4.69) is 17.6 Å². The van der Waals surface area contributed by atoms with Gasteiger partial charge in [0, 0.05) is 12.1 Å². The Kier molecular flexibility index (Phi) is 3.99. The smallest absolute Gasteiger partial charge is 0.228 e. The van der Waals surface area contributed by atoms with Crippen molar-refractivity contribution in [1.29, 1.82) is 0 Å². The molecule has 1 aliphatic rings. The highest BCUT2D eigenvalue weighted by Gasteiger charge is 2.40. The number of aryl methyl sites for hydroxylation is 2. The van der Waals surface area contributed by atoms with Crippen molar-refractivity contribution in [2.75, 3.05) is 13.1 Å². The van der Waals surface area contributed by atoms with Crippen LogP contribution >= 0.6 is 0 Å². The zero-order chi connectivity index (χ0) is 14.0. The molecule has 1 aromatic heterocycles. The van der Waals surface area contributed by atoms with Gasteiger partial charge in [0.15, 0.2) is 0 Å². The first-order chi connectivity index (χ1) is 8.98. The first-order valence-electron chi connectivity index (χ1n) is 7.07. The van der Waals surface area contributed by atoms with Gasteiger partial charge in [-0.2, -0.15) is 0 Å². The summed E-state index contributed by atoms with van der Waals surface area (Å²) in [4.78, 5) is 12.5. The minimum absolute atomic E-state index is 0.00558. The number of hydrogen-bond acceptors (Lipinski definition) is 3. The van der Waals surface area contributed by atoms with Crippen molar-refractivity contribution in [2.24, 2.45) is 5.41 Å². The van der Waals surface area contributed by atoms with Crippen LogP contribution in [0.2, 0.25) is 0 Å². The van der Waals surface area contributed by atoms with Gasteiger partial charge < -0.3 is 15.1 Å². The first-order valence-corrected chi connectivity index (χ1v) is 7.07. The van der Waals surface area contributed by atoms with E-state index >= 15 is 0 Å². The Hall–Kier alpha value is -1.29. The molecule has 2 unspecified atom stereocenters. The van der Waals surface area contributed by atoms with Crippen molar-refractivity contribution in [3.63, 3.8) is 0 Å². The van der Waals surface area contributed by atoms with Crippen LogP contribution in [0.25, 0.3) is 0 Å². The minimum atomic E-state index is -0.235. The summed E-state index contributed by atoms with van der Waals surface area (Å²) in [6.45, 7) is 9.69. The molecule has 0 aliphatic carbocycles. The maximum Gasteiger partial charge on any atom is 0.228 e. The normalized spacial score (nSPS) is 24.4. The fourth-order valence-electron chi connectivity index (χ4n) is 2.91. The van der Waals surface area contributed by atoms with Crippen molar-refractivity contribution in [2.45, 2.75) is 46.6 Å². The third kappa shape index (κ3) is 2.68. The molecule has 0 bridgehead atoms. The molecule has 0 aromatic carbocycles. The molecule has 1 aromatic rings. The molecule has 4 nitrogen and oxygen atoms in total. The molecular weight excluding hydrogens is 240 g/mol. The fraction of sp³-hybridized carbons (Fsp3) is 0.667. The van der Waals surface area contributed by atoms with Gasteiger partial charge in [-0.25, -0.2) is 0 Å². The molecule has 1 saturated heterocycles. The van der Waals surface area contributed by atoms with Gasteiger partial charge in [-0.15, -0.1) is 0 Å². The summed E-state index contributed by atoms with van der Waals surface area (Å²) >= 11 is 0. The fourth-order valence-corrected chi connectivity index (χ4v) is 2.91. The zero-order valence-electron chi connectivity index (χ0n) is 12.3. The number of amides is 1. The van der Waals surface area contributed by atoms with Crippen LogP contribution in [0.4, 0.5) is 0 Å². The molecule has 1 aliphatic heterocycles. The highest BCUT2D eigenvalue weighted by atomic mass is 16.3. The number of furan rings is 1. The lowest BCUT2D eigenvalue weighted by atomic mass is 9.83. The molecule has 2 rings (SSSR count). The van der Waals surface area contributed by atoms with Crippen LogP contribution in [0, 0.1) is 19.3 Å². The van der Waals surface area contributed by atoms with E-state index in [-0.39, 0.29) is 17.4 Å². The van der Waals surface area contributed by atoms with Gasteiger partial charge in [-0.1, -0.05) is 6.92 Å². The lowest BCUT2D eigenvalue weighted by Crippen LogP contribution is -2.43. The molecule has 19 heavy (non-hydrogen) atoms. The SMILES string of the molecule is CCC1(C(=O)NC(C)c2cc(C)oc2C)CCNC1. The average molecular weight is 264 g/mol. The van der Waals surface area contributed by atoms with E-state index in [4.69, 9.17) is 4.42 Å². The van der Waals surface area contributed by atoms with Gasteiger partial charge in [0.05, 0.1) is 11.5 Å². The predicted octanol–water partition coefficient (Wildman–Crippen LogP) is 2.46. The second kappa shape index (κ2) is 5.37. The summed E-state index contributed by atoms with van der Waals surface area (Å²) in [6.07, 6.45) is 1.80. The number of rotatable bonds is 4. The summed E-state index contributed by atoms with van der Waals surface area (Å²) in [5.74, 6) is 1.94. The second-order valence-corrected chi connectivity index (χ2v) is 5.62. The van der Waals surface area contributed by atoms with Crippen LogP contribution in [0.3, 0.4) is 0 Å². The number of hydrogen-bond donors (Lipinski definition) is 2. The Bertz CT molecular complexity index is 459. The molecule has 1 amide bonds. The highest BCUT2D eigenvalue weighted by molar-refractivity contribution is 5.83. The maximum atomic E-state index is 12.5. The summed E-state index contributed by atoms with van der Waals surface area (Å²) in [6, 6.07) is 2.00. The van der Waals surface area contributed by atoms with Crippen LogP contribution in [-0.4, -0.2) is 19.0 Å². The monoisotopic (exact) mass is 264 g/mol. The van der Waals surface area contributed by atoms with E-state index in [0.29, 0.717) is 0 Å². The van der Waals surface area contributed by atoms with Gasteiger partial charge in [0.25, 0.3) is 0 Å². The maximum absolute atomic E-state index is 12.5. The molecule has 106 valence electrons. The van der Waals surface area contributed by atoms with Gasteiger partial charge in [-0.05, 0) is 46.2 Å². The lowest BCUT2D eigenvalue weighted by molar-refractivity contribution is -0.131. The first kappa shape index (κ1) is 14.1. The zero-order valence-corrected chi connectivity index (χ0v) is 12.3. The largest absolute Gasteiger partial charge is 0.466 e. The minimum Gasteiger partial charge on any atom is -0.466 e. The molecule has 4 heteroatoms. The Balaban J connectivity index is 2.08. The molecule has 0 radical (unpaired) electrons. The molecule has 2 atom stereocenters. The molecule has 1 fully saturated rings. The van der Waals surface area contributed by atoms with Crippen LogP contribution in [0.5, 0.6) is 0 Å². The van der Waals surface area contributed by atoms with Crippen LogP contribution in [0.15, 0.2) is 10.5 Å².